The summed E-state index contributed by atoms with van der Waals surface area (Å²) in [6.07, 6.45) is 5.76. The van der Waals surface area contributed by atoms with Gasteiger partial charge in [-0.2, -0.15) is 0 Å². The van der Waals surface area contributed by atoms with E-state index in [1.807, 2.05) is 13.8 Å². The van der Waals surface area contributed by atoms with Gasteiger partial charge in [0.15, 0.2) is 0 Å². The molecule has 0 aromatic carbocycles. The van der Waals surface area contributed by atoms with Crippen LogP contribution in [0.25, 0.3) is 0 Å². The number of carbonyl (C=O) groups is 3. The lowest BCUT2D eigenvalue weighted by Crippen LogP contribution is -2.59. The summed E-state index contributed by atoms with van der Waals surface area (Å²) in [4.78, 5) is 35.6. The molecular weight excluding hydrogens is 296 g/mol. The highest BCUT2D eigenvalue weighted by molar-refractivity contribution is 5.93. The number of hydrogen-bond acceptors (Lipinski definition) is 4. The van der Waals surface area contributed by atoms with Crippen LogP contribution in [-0.4, -0.2) is 35.8 Å². The third-order valence-corrected chi connectivity index (χ3v) is 4.21. The Morgan fingerprint density at radius 1 is 1.09 bits per heavy atom. The van der Waals surface area contributed by atoms with Crippen LogP contribution in [0.4, 0.5) is 0 Å². The first kappa shape index (κ1) is 19.4. The lowest BCUT2D eigenvalue weighted by molar-refractivity contribution is -0.133. The van der Waals surface area contributed by atoms with Crippen LogP contribution in [-0.2, 0) is 14.4 Å². The topological polar surface area (TPSA) is 127 Å². The van der Waals surface area contributed by atoms with Crippen molar-refractivity contribution in [1.82, 2.24) is 10.6 Å². The molecule has 0 heterocycles. The van der Waals surface area contributed by atoms with Crippen molar-refractivity contribution in [2.24, 2.45) is 17.4 Å². The first-order valence-electron chi connectivity index (χ1n) is 8.40. The zero-order chi connectivity index (χ0) is 17.5. The Balaban J connectivity index is 2.72. The van der Waals surface area contributed by atoms with Gasteiger partial charge >= 0.3 is 0 Å². The second-order valence-corrected chi connectivity index (χ2v) is 6.91. The van der Waals surface area contributed by atoms with Crippen LogP contribution in [0.2, 0.25) is 0 Å². The maximum Gasteiger partial charge on any atom is 0.243 e. The fraction of sp³-hybridized carbons (Fsp3) is 0.812. The smallest absolute Gasteiger partial charge is 0.243 e. The summed E-state index contributed by atoms with van der Waals surface area (Å²) in [5.41, 5.74) is 10.4. The first-order valence-corrected chi connectivity index (χ1v) is 8.40. The normalized spacial score (nSPS) is 18.8. The maximum atomic E-state index is 12.6. The third kappa shape index (κ3) is 6.56. The molecule has 6 N–H and O–H groups in total. The molecule has 0 spiro atoms. The summed E-state index contributed by atoms with van der Waals surface area (Å²) in [6.45, 7) is 3.69. The van der Waals surface area contributed by atoms with E-state index in [4.69, 9.17) is 11.5 Å². The number of rotatable bonds is 7. The molecular formula is C16H30N4O3. The predicted molar refractivity (Wildman–Crippen MR) is 88.2 cm³/mol. The average molecular weight is 326 g/mol. The maximum absolute atomic E-state index is 12.6. The van der Waals surface area contributed by atoms with Crippen molar-refractivity contribution in [2.45, 2.75) is 70.4 Å². The second kappa shape index (κ2) is 8.86. The Labute approximate surface area is 137 Å². The highest BCUT2D eigenvalue weighted by Crippen LogP contribution is 2.25. The Bertz CT molecular complexity index is 429. The van der Waals surface area contributed by atoms with Crippen LogP contribution < -0.4 is 22.1 Å². The molecule has 3 amide bonds. The molecule has 1 saturated carbocycles. The summed E-state index contributed by atoms with van der Waals surface area (Å²) in [5.74, 6) is -1.09. The lowest BCUT2D eigenvalue weighted by Gasteiger charge is -2.29. The largest absolute Gasteiger partial charge is 0.368 e. The van der Waals surface area contributed by atoms with Gasteiger partial charge in [0.1, 0.15) is 6.04 Å². The van der Waals surface area contributed by atoms with E-state index in [1.54, 1.807) is 0 Å². The molecule has 7 heteroatoms. The molecule has 0 aliphatic heterocycles. The van der Waals surface area contributed by atoms with Gasteiger partial charge < -0.3 is 22.1 Å². The molecule has 23 heavy (non-hydrogen) atoms. The van der Waals surface area contributed by atoms with Gasteiger partial charge in [0.2, 0.25) is 17.7 Å². The SMILES string of the molecule is CC(C)C[C@H](NC(=O)C1(N)CCCCCC1)C(=O)NCC(N)=O. The van der Waals surface area contributed by atoms with Gasteiger partial charge in [0, 0.05) is 0 Å². The van der Waals surface area contributed by atoms with Crippen LogP contribution in [0.5, 0.6) is 0 Å². The molecule has 7 nitrogen and oxygen atoms in total. The number of amides is 3. The van der Waals surface area contributed by atoms with E-state index in [-0.39, 0.29) is 18.4 Å². The standard InChI is InChI=1S/C16H30N4O3/c1-11(2)9-12(14(22)19-10-13(17)21)20-15(23)16(18)7-5-3-4-6-8-16/h11-12H,3-10,18H2,1-2H3,(H2,17,21)(H,19,22)(H,20,23)/t12-/m0/s1. The number of hydrogen-bond donors (Lipinski definition) is 4. The molecule has 0 aromatic rings. The molecule has 0 bridgehead atoms. The second-order valence-electron chi connectivity index (χ2n) is 6.91. The fourth-order valence-electron chi connectivity index (χ4n) is 2.89. The van der Waals surface area contributed by atoms with E-state index in [0.717, 1.165) is 25.7 Å². The summed E-state index contributed by atoms with van der Waals surface area (Å²) in [7, 11) is 0. The highest BCUT2D eigenvalue weighted by Gasteiger charge is 2.36. The van der Waals surface area contributed by atoms with Crippen LogP contribution in [0, 0.1) is 5.92 Å². The minimum absolute atomic E-state index is 0.211. The average Bonchev–Trinajstić information content (AvgIpc) is 2.69. The first-order chi connectivity index (χ1) is 10.7. The van der Waals surface area contributed by atoms with Gasteiger partial charge in [-0.25, -0.2) is 0 Å². The number of nitrogens with one attached hydrogen (secondary N) is 2. The van der Waals surface area contributed by atoms with Crippen molar-refractivity contribution in [2.75, 3.05) is 6.54 Å². The Morgan fingerprint density at radius 2 is 1.65 bits per heavy atom. The van der Waals surface area contributed by atoms with Crippen molar-refractivity contribution in [3.8, 4) is 0 Å². The molecule has 1 atom stereocenters. The van der Waals surface area contributed by atoms with Crippen molar-refractivity contribution < 1.29 is 14.4 Å². The van der Waals surface area contributed by atoms with E-state index < -0.39 is 23.4 Å². The molecule has 1 fully saturated rings. The van der Waals surface area contributed by atoms with E-state index in [2.05, 4.69) is 10.6 Å². The van der Waals surface area contributed by atoms with Crippen molar-refractivity contribution in [3.63, 3.8) is 0 Å². The highest BCUT2D eigenvalue weighted by atomic mass is 16.2. The molecule has 0 aromatic heterocycles. The molecule has 1 rings (SSSR count). The number of primary amides is 1. The van der Waals surface area contributed by atoms with Crippen LogP contribution in [0.15, 0.2) is 0 Å². The molecule has 1 aliphatic rings. The lowest BCUT2D eigenvalue weighted by atomic mass is 9.89. The Kier molecular flexibility index (Phi) is 7.48. The summed E-state index contributed by atoms with van der Waals surface area (Å²) in [6, 6.07) is -0.703. The van der Waals surface area contributed by atoms with Gasteiger partial charge in [-0.1, -0.05) is 39.5 Å². The number of carbonyl (C=O) groups excluding carboxylic acids is 3. The summed E-state index contributed by atoms with van der Waals surface area (Å²) in [5, 5.41) is 5.23. The van der Waals surface area contributed by atoms with Gasteiger partial charge in [-0.15, -0.1) is 0 Å². The van der Waals surface area contributed by atoms with Gasteiger partial charge in [-0.3, -0.25) is 14.4 Å². The molecule has 0 saturated heterocycles. The van der Waals surface area contributed by atoms with E-state index in [1.165, 1.54) is 0 Å². The van der Waals surface area contributed by atoms with Crippen LogP contribution in [0.1, 0.15) is 58.8 Å². The molecule has 0 unspecified atom stereocenters. The Morgan fingerprint density at radius 3 is 2.13 bits per heavy atom. The van der Waals surface area contributed by atoms with E-state index in [9.17, 15) is 14.4 Å². The number of nitrogens with two attached hydrogens (primary N) is 2. The van der Waals surface area contributed by atoms with Crippen molar-refractivity contribution >= 4 is 17.7 Å². The predicted octanol–water partition coefficient (Wildman–Crippen LogP) is 0.171. The van der Waals surface area contributed by atoms with Crippen molar-refractivity contribution in [1.29, 1.82) is 0 Å². The summed E-state index contributed by atoms with van der Waals surface area (Å²) >= 11 is 0. The quantitative estimate of drug-likeness (QED) is 0.497. The molecule has 132 valence electrons. The summed E-state index contributed by atoms with van der Waals surface area (Å²) < 4.78 is 0. The third-order valence-electron chi connectivity index (χ3n) is 4.21. The molecule has 0 radical (unpaired) electrons. The molecule has 1 aliphatic carbocycles. The fourth-order valence-corrected chi connectivity index (χ4v) is 2.89. The minimum Gasteiger partial charge on any atom is -0.368 e. The minimum atomic E-state index is -0.907. The van der Waals surface area contributed by atoms with Gasteiger partial charge in [0.05, 0.1) is 12.1 Å². The van der Waals surface area contributed by atoms with Gasteiger partial charge in [0.25, 0.3) is 0 Å². The van der Waals surface area contributed by atoms with Crippen molar-refractivity contribution in [3.05, 3.63) is 0 Å². The van der Waals surface area contributed by atoms with Crippen LogP contribution >= 0.6 is 0 Å². The Hall–Kier alpha value is -1.63. The van der Waals surface area contributed by atoms with E-state index >= 15 is 0 Å². The van der Waals surface area contributed by atoms with Crippen LogP contribution in [0.3, 0.4) is 0 Å². The van der Waals surface area contributed by atoms with E-state index in [0.29, 0.717) is 19.3 Å². The zero-order valence-electron chi connectivity index (χ0n) is 14.2. The monoisotopic (exact) mass is 326 g/mol. The zero-order valence-corrected chi connectivity index (χ0v) is 14.2. The van der Waals surface area contributed by atoms with Gasteiger partial charge in [-0.05, 0) is 25.2 Å².